The van der Waals surface area contributed by atoms with Crippen molar-refractivity contribution in [3.63, 3.8) is 0 Å². The normalized spacial score (nSPS) is 14.3. The Labute approximate surface area is 99.7 Å². The Morgan fingerprint density at radius 1 is 1.31 bits per heavy atom. The molecular formula is C11H25NO3S. The molecule has 0 rings (SSSR count). The maximum atomic E-state index is 11.7. The van der Waals surface area contributed by atoms with Crippen LogP contribution in [-0.4, -0.2) is 46.2 Å². The van der Waals surface area contributed by atoms with Gasteiger partial charge in [-0.25, -0.2) is 8.42 Å². The van der Waals surface area contributed by atoms with Gasteiger partial charge in [-0.3, -0.25) is 0 Å². The van der Waals surface area contributed by atoms with E-state index in [1.807, 2.05) is 13.8 Å². The highest BCUT2D eigenvalue weighted by atomic mass is 32.2. The van der Waals surface area contributed by atoms with E-state index in [0.717, 1.165) is 13.0 Å². The Balaban J connectivity index is 4.26. The van der Waals surface area contributed by atoms with E-state index in [9.17, 15) is 8.42 Å². The molecule has 0 aromatic heterocycles. The number of ether oxygens (including phenoxy) is 1. The molecule has 0 radical (unpaired) electrons. The number of nitrogens with one attached hydrogen (secondary N) is 1. The number of sulfone groups is 1. The minimum atomic E-state index is -3.01. The quantitative estimate of drug-likeness (QED) is 0.666. The second kappa shape index (κ2) is 8.03. The van der Waals surface area contributed by atoms with E-state index in [4.69, 9.17) is 4.74 Å². The zero-order valence-corrected chi connectivity index (χ0v) is 11.6. The molecule has 0 saturated heterocycles. The van der Waals surface area contributed by atoms with Gasteiger partial charge in [0, 0.05) is 13.2 Å². The van der Waals surface area contributed by atoms with Crippen molar-refractivity contribution in [1.82, 2.24) is 5.32 Å². The molecule has 98 valence electrons. The molecule has 0 aliphatic rings. The number of rotatable bonds is 9. The third kappa shape index (κ3) is 7.19. The molecule has 5 heteroatoms. The van der Waals surface area contributed by atoms with Gasteiger partial charge in [0.25, 0.3) is 0 Å². The fraction of sp³-hybridized carbons (Fsp3) is 1.00. The first-order valence-corrected chi connectivity index (χ1v) is 7.67. The summed E-state index contributed by atoms with van der Waals surface area (Å²) < 4.78 is 28.3. The van der Waals surface area contributed by atoms with Crippen LogP contribution in [0, 0.1) is 5.92 Å². The van der Waals surface area contributed by atoms with Gasteiger partial charge in [0.1, 0.15) is 0 Å². The SMILES string of the molecule is CCCNC(CS(=O)(=O)CCOC)C(C)C. The molecule has 0 spiro atoms. The third-order valence-corrected chi connectivity index (χ3v) is 4.15. The summed E-state index contributed by atoms with van der Waals surface area (Å²) in [7, 11) is -1.49. The van der Waals surface area contributed by atoms with E-state index in [1.54, 1.807) is 0 Å². The lowest BCUT2D eigenvalue weighted by Gasteiger charge is -2.22. The summed E-state index contributed by atoms with van der Waals surface area (Å²) in [5, 5.41) is 3.28. The number of methoxy groups -OCH3 is 1. The van der Waals surface area contributed by atoms with Crippen LogP contribution >= 0.6 is 0 Å². The minimum Gasteiger partial charge on any atom is -0.384 e. The molecule has 0 aromatic rings. The van der Waals surface area contributed by atoms with Crippen LogP contribution in [0.2, 0.25) is 0 Å². The van der Waals surface area contributed by atoms with Gasteiger partial charge in [0.15, 0.2) is 9.84 Å². The predicted octanol–water partition coefficient (Wildman–Crippen LogP) is 1.07. The van der Waals surface area contributed by atoms with Gasteiger partial charge in [-0.05, 0) is 18.9 Å². The first-order chi connectivity index (χ1) is 7.43. The van der Waals surface area contributed by atoms with Crippen LogP contribution in [0.5, 0.6) is 0 Å². The van der Waals surface area contributed by atoms with Crippen molar-refractivity contribution in [3.05, 3.63) is 0 Å². The molecule has 0 aliphatic carbocycles. The molecular weight excluding hydrogens is 226 g/mol. The molecule has 1 N–H and O–H groups in total. The van der Waals surface area contributed by atoms with E-state index >= 15 is 0 Å². The third-order valence-electron chi connectivity index (χ3n) is 2.49. The summed E-state index contributed by atoms with van der Waals surface area (Å²) >= 11 is 0. The molecule has 0 heterocycles. The van der Waals surface area contributed by atoms with Crippen LogP contribution < -0.4 is 5.32 Å². The lowest BCUT2D eigenvalue weighted by molar-refractivity contribution is 0.217. The van der Waals surface area contributed by atoms with Gasteiger partial charge in [-0.15, -0.1) is 0 Å². The van der Waals surface area contributed by atoms with Gasteiger partial charge in [-0.1, -0.05) is 20.8 Å². The maximum Gasteiger partial charge on any atom is 0.154 e. The Bertz CT molecular complexity index is 262. The summed E-state index contributed by atoms with van der Waals surface area (Å²) in [6, 6.07) is 0.0433. The zero-order valence-electron chi connectivity index (χ0n) is 10.8. The first-order valence-electron chi connectivity index (χ1n) is 5.85. The lowest BCUT2D eigenvalue weighted by Crippen LogP contribution is -2.41. The summed E-state index contributed by atoms with van der Waals surface area (Å²) in [4.78, 5) is 0. The largest absolute Gasteiger partial charge is 0.384 e. The number of hydrogen-bond donors (Lipinski definition) is 1. The molecule has 0 fully saturated rings. The van der Waals surface area contributed by atoms with Crippen LogP contribution in [0.3, 0.4) is 0 Å². The second-order valence-electron chi connectivity index (χ2n) is 4.41. The Morgan fingerprint density at radius 3 is 2.38 bits per heavy atom. The van der Waals surface area contributed by atoms with Crippen molar-refractivity contribution in [2.24, 2.45) is 5.92 Å². The maximum absolute atomic E-state index is 11.7. The van der Waals surface area contributed by atoms with Gasteiger partial charge in [-0.2, -0.15) is 0 Å². The molecule has 0 aliphatic heterocycles. The van der Waals surface area contributed by atoms with E-state index in [-0.39, 0.29) is 24.2 Å². The average molecular weight is 251 g/mol. The molecule has 4 nitrogen and oxygen atoms in total. The van der Waals surface area contributed by atoms with E-state index in [1.165, 1.54) is 7.11 Å². The zero-order chi connectivity index (χ0) is 12.6. The fourth-order valence-corrected chi connectivity index (χ4v) is 3.02. The highest BCUT2D eigenvalue weighted by molar-refractivity contribution is 7.91. The van der Waals surface area contributed by atoms with Crippen molar-refractivity contribution in [1.29, 1.82) is 0 Å². The molecule has 0 amide bonds. The summed E-state index contributed by atoms with van der Waals surface area (Å²) in [6.45, 7) is 7.30. The van der Waals surface area contributed by atoms with Gasteiger partial charge < -0.3 is 10.1 Å². The Kier molecular flexibility index (Phi) is 7.97. The standard InChI is InChI=1S/C11H25NO3S/c1-5-6-12-11(10(2)3)9-16(13,14)8-7-15-4/h10-12H,5-9H2,1-4H3. The molecule has 1 unspecified atom stereocenters. The van der Waals surface area contributed by atoms with Gasteiger partial charge in [0.2, 0.25) is 0 Å². The molecule has 16 heavy (non-hydrogen) atoms. The monoisotopic (exact) mass is 251 g/mol. The molecule has 1 atom stereocenters. The van der Waals surface area contributed by atoms with Crippen molar-refractivity contribution < 1.29 is 13.2 Å². The summed E-state index contributed by atoms with van der Waals surface area (Å²) in [6.07, 6.45) is 1.02. The van der Waals surface area contributed by atoms with Crippen molar-refractivity contribution in [2.45, 2.75) is 33.2 Å². The van der Waals surface area contributed by atoms with Crippen LogP contribution in [-0.2, 0) is 14.6 Å². The second-order valence-corrected chi connectivity index (χ2v) is 6.64. The van der Waals surface area contributed by atoms with Crippen LogP contribution in [0.1, 0.15) is 27.2 Å². The van der Waals surface area contributed by atoms with E-state index < -0.39 is 9.84 Å². The number of hydrogen-bond acceptors (Lipinski definition) is 4. The summed E-state index contributed by atoms with van der Waals surface area (Å²) in [5.74, 6) is 0.637. The fourth-order valence-electron chi connectivity index (χ4n) is 1.38. The average Bonchev–Trinajstić information content (AvgIpc) is 2.21. The van der Waals surface area contributed by atoms with Crippen LogP contribution in [0.4, 0.5) is 0 Å². The molecule has 0 aromatic carbocycles. The highest BCUT2D eigenvalue weighted by Crippen LogP contribution is 2.06. The first kappa shape index (κ1) is 15.9. The van der Waals surface area contributed by atoms with E-state index in [2.05, 4.69) is 12.2 Å². The topological polar surface area (TPSA) is 55.4 Å². The Morgan fingerprint density at radius 2 is 1.94 bits per heavy atom. The van der Waals surface area contributed by atoms with Crippen molar-refractivity contribution >= 4 is 9.84 Å². The van der Waals surface area contributed by atoms with Crippen LogP contribution in [0.25, 0.3) is 0 Å². The smallest absolute Gasteiger partial charge is 0.154 e. The minimum absolute atomic E-state index is 0.0433. The van der Waals surface area contributed by atoms with Gasteiger partial charge >= 0.3 is 0 Å². The highest BCUT2D eigenvalue weighted by Gasteiger charge is 2.21. The lowest BCUT2D eigenvalue weighted by atomic mass is 10.1. The van der Waals surface area contributed by atoms with Crippen molar-refractivity contribution in [3.8, 4) is 0 Å². The Hall–Kier alpha value is -0.130. The molecule has 0 saturated carbocycles. The predicted molar refractivity (Wildman–Crippen MR) is 67.4 cm³/mol. The molecule has 0 bridgehead atoms. The van der Waals surface area contributed by atoms with E-state index in [0.29, 0.717) is 5.92 Å². The van der Waals surface area contributed by atoms with Crippen LogP contribution in [0.15, 0.2) is 0 Å². The van der Waals surface area contributed by atoms with Crippen molar-refractivity contribution in [2.75, 3.05) is 31.8 Å². The van der Waals surface area contributed by atoms with Gasteiger partial charge in [0.05, 0.1) is 18.1 Å². The summed E-state index contributed by atoms with van der Waals surface area (Å²) in [5.41, 5.74) is 0.